The molecule has 1 saturated carbocycles. The molecule has 0 radical (unpaired) electrons. The number of hydrogen-bond acceptors (Lipinski definition) is 5. The Hall–Kier alpha value is -4.01. The van der Waals surface area contributed by atoms with E-state index in [0.29, 0.717) is 24.3 Å². The Morgan fingerprint density at radius 1 is 0.935 bits per heavy atom. The van der Waals surface area contributed by atoms with Crippen molar-refractivity contribution >= 4 is 29.0 Å². The van der Waals surface area contributed by atoms with Crippen molar-refractivity contribution in [1.82, 2.24) is 4.98 Å². The molecule has 1 aromatic heterocycles. The van der Waals surface area contributed by atoms with Gasteiger partial charge >= 0.3 is 0 Å². The number of nitrogens with zero attached hydrogens (tertiary/aromatic N) is 1. The molecule has 2 aromatic carbocycles. The van der Waals surface area contributed by atoms with Gasteiger partial charge in [0.25, 0.3) is 0 Å². The van der Waals surface area contributed by atoms with Gasteiger partial charge in [0, 0.05) is 29.7 Å². The van der Waals surface area contributed by atoms with E-state index in [1.54, 1.807) is 0 Å². The van der Waals surface area contributed by atoms with Gasteiger partial charge in [0.2, 0.25) is 11.8 Å². The van der Waals surface area contributed by atoms with Crippen LogP contribution in [0.5, 0.6) is 11.5 Å². The van der Waals surface area contributed by atoms with Crippen LogP contribution >= 0.6 is 0 Å². The smallest absolute Gasteiger partial charge is 0.240 e. The van der Waals surface area contributed by atoms with Gasteiger partial charge in [-0.1, -0.05) is 0 Å². The van der Waals surface area contributed by atoms with Gasteiger partial charge in [-0.2, -0.15) is 0 Å². The van der Waals surface area contributed by atoms with Gasteiger partial charge in [-0.05, 0) is 55.3 Å². The van der Waals surface area contributed by atoms with Crippen molar-refractivity contribution in [2.45, 2.75) is 12.8 Å². The van der Waals surface area contributed by atoms with E-state index in [1.807, 2.05) is 0 Å². The van der Waals surface area contributed by atoms with E-state index in [0.717, 1.165) is 6.07 Å². The molecule has 0 aliphatic heterocycles. The molecule has 31 heavy (non-hydrogen) atoms. The van der Waals surface area contributed by atoms with Crippen LogP contribution in [0.15, 0.2) is 60.8 Å². The van der Waals surface area contributed by atoms with Crippen molar-refractivity contribution in [3.63, 3.8) is 0 Å². The molecule has 1 heterocycles. The zero-order valence-corrected chi connectivity index (χ0v) is 16.2. The number of ether oxygens (including phenoxy) is 1. The predicted molar refractivity (Wildman–Crippen MR) is 110 cm³/mol. The molecule has 0 saturated heterocycles. The highest BCUT2D eigenvalue weighted by Crippen LogP contribution is 2.47. The number of nitrogen functional groups attached to an aromatic ring is 1. The number of halogens is 2. The van der Waals surface area contributed by atoms with Crippen molar-refractivity contribution in [1.29, 1.82) is 0 Å². The van der Waals surface area contributed by atoms with E-state index < -0.39 is 28.9 Å². The zero-order valence-electron chi connectivity index (χ0n) is 16.2. The number of pyridine rings is 1. The molecule has 1 aliphatic rings. The third-order valence-electron chi connectivity index (χ3n) is 4.89. The van der Waals surface area contributed by atoms with Crippen molar-refractivity contribution in [2.75, 3.05) is 16.4 Å². The lowest BCUT2D eigenvalue weighted by Gasteiger charge is -2.16. The highest BCUT2D eigenvalue weighted by atomic mass is 19.1. The Morgan fingerprint density at radius 3 is 2.19 bits per heavy atom. The quantitative estimate of drug-likeness (QED) is 0.517. The van der Waals surface area contributed by atoms with Gasteiger partial charge in [0.15, 0.2) is 11.6 Å². The fourth-order valence-corrected chi connectivity index (χ4v) is 3.00. The lowest BCUT2D eigenvalue weighted by molar-refractivity contribution is -0.131. The van der Waals surface area contributed by atoms with Crippen LogP contribution in [-0.2, 0) is 9.59 Å². The molecule has 158 valence electrons. The summed E-state index contributed by atoms with van der Waals surface area (Å²) >= 11 is 0. The number of nitrogens with one attached hydrogen (secondary N) is 2. The van der Waals surface area contributed by atoms with Gasteiger partial charge in [-0.25, -0.2) is 13.8 Å². The average Bonchev–Trinajstić information content (AvgIpc) is 3.54. The zero-order chi connectivity index (χ0) is 22.0. The molecule has 4 N–H and O–H groups in total. The molecular weight excluding hydrogens is 406 g/mol. The normalized spacial score (nSPS) is 13.9. The fraction of sp³-hybridized carbons (Fsp3) is 0.136. The molecule has 2 amide bonds. The van der Waals surface area contributed by atoms with Crippen LogP contribution < -0.4 is 21.1 Å². The summed E-state index contributed by atoms with van der Waals surface area (Å²) < 4.78 is 32.9. The average molecular weight is 424 g/mol. The van der Waals surface area contributed by atoms with Gasteiger partial charge < -0.3 is 21.1 Å². The van der Waals surface area contributed by atoms with Gasteiger partial charge in [0.1, 0.15) is 22.8 Å². The predicted octanol–water partition coefficient (Wildman–Crippen LogP) is 4.09. The molecular formula is C22H18F2N4O3. The third-order valence-corrected chi connectivity index (χ3v) is 4.89. The summed E-state index contributed by atoms with van der Waals surface area (Å²) in [5.74, 6) is -1.67. The minimum atomic E-state index is -1.24. The number of anilines is 3. The number of nitrogens with two attached hydrogens (primary N) is 1. The first-order chi connectivity index (χ1) is 14.9. The number of rotatable bonds is 6. The van der Waals surface area contributed by atoms with E-state index in [1.165, 1.54) is 54.7 Å². The van der Waals surface area contributed by atoms with E-state index in [2.05, 4.69) is 15.6 Å². The first-order valence-corrected chi connectivity index (χ1v) is 9.43. The highest BCUT2D eigenvalue weighted by Gasteiger charge is 2.56. The maximum atomic E-state index is 14.4. The summed E-state index contributed by atoms with van der Waals surface area (Å²) in [4.78, 5) is 29.1. The van der Waals surface area contributed by atoms with Crippen molar-refractivity contribution in [3.8, 4) is 11.5 Å². The second kappa shape index (κ2) is 8.02. The number of carbonyl (C=O) groups excluding carboxylic acids is 2. The SMILES string of the molecule is Nc1cc(Oc2ccc(NC(=O)C3(C(=O)Nc4ccc(F)cc4)CC3)cc2F)ccn1. The van der Waals surface area contributed by atoms with Crippen molar-refractivity contribution < 1.29 is 23.1 Å². The van der Waals surface area contributed by atoms with E-state index in [9.17, 15) is 18.4 Å². The monoisotopic (exact) mass is 424 g/mol. The van der Waals surface area contributed by atoms with E-state index in [4.69, 9.17) is 10.5 Å². The molecule has 0 spiro atoms. The number of amides is 2. The standard InChI is InChI=1S/C22H18F2N4O3/c23-13-1-3-14(4-2-13)27-20(29)22(8-9-22)21(30)28-15-5-6-18(17(24)11-15)31-16-7-10-26-19(25)12-16/h1-7,10-12H,8-9H2,(H2,25,26)(H,27,29)(H,28,30). The van der Waals surface area contributed by atoms with Gasteiger partial charge in [0.05, 0.1) is 0 Å². The molecule has 0 atom stereocenters. The molecule has 4 rings (SSSR count). The Kier molecular flexibility index (Phi) is 5.24. The van der Waals surface area contributed by atoms with Crippen LogP contribution in [0.4, 0.5) is 26.0 Å². The third kappa shape index (κ3) is 4.45. The van der Waals surface area contributed by atoms with Crippen LogP contribution in [0.1, 0.15) is 12.8 Å². The Bertz CT molecular complexity index is 1150. The van der Waals surface area contributed by atoms with Crippen LogP contribution in [0.25, 0.3) is 0 Å². The number of carbonyl (C=O) groups is 2. The summed E-state index contributed by atoms with van der Waals surface area (Å²) in [5, 5.41) is 5.19. The lowest BCUT2D eigenvalue weighted by atomic mass is 10.0. The maximum absolute atomic E-state index is 14.4. The van der Waals surface area contributed by atoms with E-state index >= 15 is 0 Å². The summed E-state index contributed by atoms with van der Waals surface area (Å²) in [7, 11) is 0. The largest absolute Gasteiger partial charge is 0.454 e. The molecule has 0 unspecified atom stereocenters. The first kappa shape index (κ1) is 20.3. The summed E-state index contributed by atoms with van der Waals surface area (Å²) in [6, 6.07) is 12.1. The van der Waals surface area contributed by atoms with Gasteiger partial charge in [-0.3, -0.25) is 9.59 Å². The minimum Gasteiger partial charge on any atom is -0.454 e. The summed E-state index contributed by atoms with van der Waals surface area (Å²) in [6.07, 6.45) is 2.15. The Morgan fingerprint density at radius 2 is 1.58 bits per heavy atom. The Balaban J connectivity index is 1.42. The molecule has 0 bridgehead atoms. The molecule has 1 aliphatic carbocycles. The number of benzene rings is 2. The van der Waals surface area contributed by atoms with E-state index in [-0.39, 0.29) is 17.3 Å². The minimum absolute atomic E-state index is 0.0567. The van der Waals surface area contributed by atoms with Crippen LogP contribution in [0.3, 0.4) is 0 Å². The summed E-state index contributed by atoms with van der Waals surface area (Å²) in [6.45, 7) is 0. The highest BCUT2D eigenvalue weighted by molar-refractivity contribution is 6.16. The fourth-order valence-electron chi connectivity index (χ4n) is 3.00. The number of aromatic nitrogens is 1. The maximum Gasteiger partial charge on any atom is 0.240 e. The van der Waals surface area contributed by atoms with Crippen molar-refractivity contribution in [3.05, 3.63) is 72.4 Å². The second-order valence-electron chi connectivity index (χ2n) is 7.16. The van der Waals surface area contributed by atoms with Crippen LogP contribution in [0, 0.1) is 17.0 Å². The van der Waals surface area contributed by atoms with Gasteiger partial charge in [-0.15, -0.1) is 0 Å². The van der Waals surface area contributed by atoms with Crippen LogP contribution in [-0.4, -0.2) is 16.8 Å². The lowest BCUT2D eigenvalue weighted by Crippen LogP contribution is -2.35. The Labute approximate surface area is 176 Å². The first-order valence-electron chi connectivity index (χ1n) is 9.43. The van der Waals surface area contributed by atoms with Crippen molar-refractivity contribution in [2.24, 2.45) is 5.41 Å². The second-order valence-corrected chi connectivity index (χ2v) is 7.16. The molecule has 3 aromatic rings. The topological polar surface area (TPSA) is 106 Å². The summed E-state index contributed by atoms with van der Waals surface area (Å²) in [5.41, 5.74) is 4.90. The number of hydrogen-bond donors (Lipinski definition) is 3. The molecule has 7 nitrogen and oxygen atoms in total. The molecule has 1 fully saturated rings. The molecule has 9 heteroatoms. The van der Waals surface area contributed by atoms with Crippen LogP contribution in [0.2, 0.25) is 0 Å².